The second-order valence-corrected chi connectivity index (χ2v) is 3.83. The van der Waals surface area contributed by atoms with Crippen molar-refractivity contribution in [3.05, 3.63) is 24.3 Å². The molecule has 0 fully saturated rings. The van der Waals surface area contributed by atoms with Crippen LogP contribution in [0.4, 0.5) is 5.69 Å². The summed E-state index contributed by atoms with van der Waals surface area (Å²) in [5, 5.41) is 0. The predicted molar refractivity (Wildman–Crippen MR) is 65.8 cm³/mol. The van der Waals surface area contributed by atoms with E-state index in [1.54, 1.807) is 7.11 Å². The van der Waals surface area contributed by atoms with E-state index in [-0.39, 0.29) is 0 Å². The monoisotopic (exact) mass is 207 g/mol. The normalized spacial score (nSPS) is 10.1. The van der Waals surface area contributed by atoms with Crippen LogP contribution in [0.2, 0.25) is 0 Å². The summed E-state index contributed by atoms with van der Waals surface area (Å²) in [6, 6.07) is 8.22. The Hall–Kier alpha value is -1.18. The van der Waals surface area contributed by atoms with E-state index in [1.807, 2.05) is 12.1 Å². The number of rotatable bonds is 6. The minimum Gasteiger partial charge on any atom is -0.497 e. The Morgan fingerprint density at radius 1 is 1.13 bits per heavy atom. The van der Waals surface area contributed by atoms with Gasteiger partial charge in [-0.1, -0.05) is 19.8 Å². The number of benzene rings is 1. The van der Waals surface area contributed by atoms with Crippen LogP contribution in [0.1, 0.15) is 26.2 Å². The molecule has 0 saturated heterocycles. The fourth-order valence-corrected chi connectivity index (χ4v) is 1.56. The fourth-order valence-electron chi connectivity index (χ4n) is 1.56. The van der Waals surface area contributed by atoms with Crippen LogP contribution in [0.25, 0.3) is 0 Å². The van der Waals surface area contributed by atoms with Crippen molar-refractivity contribution in [3.63, 3.8) is 0 Å². The Morgan fingerprint density at radius 2 is 1.80 bits per heavy atom. The highest BCUT2D eigenvalue weighted by Gasteiger charge is 2.00. The van der Waals surface area contributed by atoms with Crippen LogP contribution in [0.5, 0.6) is 5.75 Å². The molecule has 84 valence electrons. The zero-order valence-electron chi connectivity index (χ0n) is 9.99. The molecule has 0 amide bonds. The van der Waals surface area contributed by atoms with Gasteiger partial charge in [0.05, 0.1) is 7.11 Å². The van der Waals surface area contributed by atoms with Crippen LogP contribution in [-0.4, -0.2) is 20.7 Å². The van der Waals surface area contributed by atoms with Gasteiger partial charge in [-0.2, -0.15) is 0 Å². The molecule has 0 unspecified atom stereocenters. The number of anilines is 1. The number of ether oxygens (including phenoxy) is 1. The Balaban J connectivity index is 2.46. The summed E-state index contributed by atoms with van der Waals surface area (Å²) in [5.41, 5.74) is 1.26. The summed E-state index contributed by atoms with van der Waals surface area (Å²) < 4.78 is 5.13. The van der Waals surface area contributed by atoms with Crippen molar-refractivity contribution in [3.8, 4) is 5.75 Å². The molecule has 0 aliphatic rings. The van der Waals surface area contributed by atoms with Crippen molar-refractivity contribution in [2.75, 3.05) is 25.6 Å². The summed E-state index contributed by atoms with van der Waals surface area (Å²) in [6.07, 6.45) is 3.84. The lowest BCUT2D eigenvalue weighted by Crippen LogP contribution is -2.18. The van der Waals surface area contributed by atoms with Gasteiger partial charge in [-0.15, -0.1) is 0 Å². The molecule has 0 spiro atoms. The Bertz CT molecular complexity index is 268. The van der Waals surface area contributed by atoms with E-state index >= 15 is 0 Å². The van der Waals surface area contributed by atoms with Crippen LogP contribution in [0.3, 0.4) is 0 Å². The van der Waals surface area contributed by atoms with Crippen molar-refractivity contribution in [2.24, 2.45) is 0 Å². The molecule has 0 aliphatic heterocycles. The van der Waals surface area contributed by atoms with Gasteiger partial charge in [0.25, 0.3) is 0 Å². The maximum Gasteiger partial charge on any atom is 0.119 e. The van der Waals surface area contributed by atoms with Crippen LogP contribution in [0.15, 0.2) is 24.3 Å². The van der Waals surface area contributed by atoms with E-state index in [0.717, 1.165) is 12.3 Å². The van der Waals surface area contributed by atoms with Crippen molar-refractivity contribution >= 4 is 5.69 Å². The van der Waals surface area contributed by atoms with Crippen LogP contribution >= 0.6 is 0 Å². The third-order valence-corrected chi connectivity index (χ3v) is 2.61. The van der Waals surface area contributed by atoms with Gasteiger partial charge in [-0.25, -0.2) is 0 Å². The summed E-state index contributed by atoms with van der Waals surface area (Å²) in [6.45, 7) is 3.35. The first-order valence-electron chi connectivity index (χ1n) is 5.63. The number of methoxy groups -OCH3 is 1. The molecule has 2 heteroatoms. The van der Waals surface area contributed by atoms with Gasteiger partial charge in [0.15, 0.2) is 0 Å². The van der Waals surface area contributed by atoms with Crippen molar-refractivity contribution in [2.45, 2.75) is 26.2 Å². The molecule has 0 N–H and O–H groups in total. The zero-order valence-corrected chi connectivity index (χ0v) is 9.99. The largest absolute Gasteiger partial charge is 0.497 e. The lowest BCUT2D eigenvalue weighted by molar-refractivity contribution is 0.415. The average molecular weight is 207 g/mol. The molecule has 0 heterocycles. The number of hydrogen-bond acceptors (Lipinski definition) is 2. The predicted octanol–water partition coefficient (Wildman–Crippen LogP) is 3.32. The smallest absolute Gasteiger partial charge is 0.119 e. The first kappa shape index (κ1) is 11.9. The molecular formula is C13H21NO. The third-order valence-electron chi connectivity index (χ3n) is 2.61. The molecule has 15 heavy (non-hydrogen) atoms. The molecule has 2 nitrogen and oxygen atoms in total. The van der Waals surface area contributed by atoms with Crippen LogP contribution in [0, 0.1) is 0 Å². The Labute approximate surface area is 92.9 Å². The lowest BCUT2D eigenvalue weighted by Gasteiger charge is -2.19. The highest BCUT2D eigenvalue weighted by atomic mass is 16.5. The van der Waals surface area contributed by atoms with Gasteiger partial charge in [0, 0.05) is 19.3 Å². The summed E-state index contributed by atoms with van der Waals surface area (Å²) in [5.74, 6) is 0.917. The van der Waals surface area contributed by atoms with Crippen LogP contribution < -0.4 is 9.64 Å². The van der Waals surface area contributed by atoms with Gasteiger partial charge in [0.2, 0.25) is 0 Å². The Kier molecular flexibility index (Phi) is 5.02. The number of hydrogen-bond donors (Lipinski definition) is 0. The lowest BCUT2D eigenvalue weighted by atomic mass is 10.2. The molecule has 1 aromatic carbocycles. The number of nitrogens with zero attached hydrogens (tertiary/aromatic N) is 1. The molecule has 0 aliphatic carbocycles. The van der Waals surface area contributed by atoms with E-state index in [9.17, 15) is 0 Å². The Morgan fingerprint density at radius 3 is 2.33 bits per heavy atom. The van der Waals surface area contributed by atoms with Crippen molar-refractivity contribution in [1.29, 1.82) is 0 Å². The molecule has 0 bridgehead atoms. The molecule has 0 aromatic heterocycles. The quantitative estimate of drug-likeness (QED) is 0.663. The zero-order chi connectivity index (χ0) is 11.1. The maximum atomic E-state index is 5.13. The van der Waals surface area contributed by atoms with Gasteiger partial charge in [-0.3, -0.25) is 0 Å². The summed E-state index contributed by atoms with van der Waals surface area (Å²) in [7, 11) is 3.83. The van der Waals surface area contributed by atoms with Gasteiger partial charge >= 0.3 is 0 Å². The minimum absolute atomic E-state index is 0.917. The molecule has 1 aromatic rings. The molecule has 0 radical (unpaired) electrons. The SMILES string of the molecule is CCCCCN(C)c1ccc(OC)cc1. The van der Waals surface area contributed by atoms with E-state index in [2.05, 4.69) is 31.0 Å². The standard InChI is InChI=1S/C13H21NO/c1-4-5-6-11-14(2)12-7-9-13(15-3)10-8-12/h7-10H,4-6,11H2,1-3H3. The van der Waals surface area contributed by atoms with E-state index in [0.29, 0.717) is 0 Å². The maximum absolute atomic E-state index is 5.13. The van der Waals surface area contributed by atoms with Crippen molar-refractivity contribution in [1.82, 2.24) is 0 Å². The topological polar surface area (TPSA) is 12.5 Å². The highest BCUT2D eigenvalue weighted by Crippen LogP contribution is 2.18. The van der Waals surface area contributed by atoms with E-state index in [1.165, 1.54) is 24.9 Å². The van der Waals surface area contributed by atoms with E-state index in [4.69, 9.17) is 4.74 Å². The number of unbranched alkanes of at least 4 members (excludes halogenated alkanes) is 2. The first-order chi connectivity index (χ1) is 7.27. The molecule has 0 saturated carbocycles. The first-order valence-corrected chi connectivity index (χ1v) is 5.63. The molecule has 1 rings (SSSR count). The second-order valence-electron chi connectivity index (χ2n) is 3.83. The van der Waals surface area contributed by atoms with Gasteiger partial charge in [-0.05, 0) is 30.7 Å². The minimum atomic E-state index is 0.917. The summed E-state index contributed by atoms with van der Waals surface area (Å²) >= 11 is 0. The molecular weight excluding hydrogens is 186 g/mol. The second kappa shape index (κ2) is 6.33. The van der Waals surface area contributed by atoms with Crippen molar-refractivity contribution < 1.29 is 4.74 Å². The highest BCUT2D eigenvalue weighted by molar-refractivity contribution is 5.48. The van der Waals surface area contributed by atoms with E-state index < -0.39 is 0 Å². The fraction of sp³-hybridized carbons (Fsp3) is 0.538. The van der Waals surface area contributed by atoms with Gasteiger partial charge < -0.3 is 9.64 Å². The third kappa shape index (κ3) is 3.82. The average Bonchev–Trinajstić information content (AvgIpc) is 2.29. The van der Waals surface area contributed by atoms with Gasteiger partial charge in [0.1, 0.15) is 5.75 Å². The molecule has 0 atom stereocenters. The van der Waals surface area contributed by atoms with Crippen LogP contribution in [-0.2, 0) is 0 Å². The summed E-state index contributed by atoms with van der Waals surface area (Å²) in [4.78, 5) is 2.29.